The van der Waals surface area contributed by atoms with E-state index in [9.17, 15) is 4.79 Å². The molecule has 0 saturated heterocycles. The molecule has 1 amide bonds. The Morgan fingerprint density at radius 1 is 0.963 bits per heavy atom. The highest BCUT2D eigenvalue weighted by Crippen LogP contribution is 2.29. The number of nitrogens with zero attached hydrogens (tertiary/aromatic N) is 1. The lowest BCUT2D eigenvalue weighted by molar-refractivity contribution is -0.123. The van der Waals surface area contributed by atoms with Crippen LogP contribution in [0.5, 0.6) is 11.5 Å². The van der Waals surface area contributed by atoms with E-state index in [1.807, 2.05) is 78.9 Å². The van der Waals surface area contributed by atoms with Gasteiger partial charge in [0.15, 0.2) is 6.61 Å². The van der Waals surface area contributed by atoms with Gasteiger partial charge in [-0.05, 0) is 41.5 Å². The molecular formula is C22H20N2O3. The number of hydrogen-bond acceptors (Lipinski definition) is 4. The van der Waals surface area contributed by atoms with Crippen LogP contribution in [0, 0.1) is 0 Å². The van der Waals surface area contributed by atoms with Gasteiger partial charge >= 0.3 is 0 Å². The van der Waals surface area contributed by atoms with Crippen molar-refractivity contribution in [3.63, 3.8) is 0 Å². The fourth-order valence-corrected chi connectivity index (χ4v) is 2.49. The van der Waals surface area contributed by atoms with Gasteiger partial charge in [0, 0.05) is 5.56 Å². The summed E-state index contributed by atoms with van der Waals surface area (Å²) in [4.78, 5) is 12.0. The molecule has 27 heavy (non-hydrogen) atoms. The molecule has 1 N–H and O–H groups in total. The molecule has 3 aromatic rings. The Balaban J connectivity index is 1.56. The van der Waals surface area contributed by atoms with E-state index in [0.717, 1.165) is 22.4 Å². The Bertz CT molecular complexity index is 906. The van der Waals surface area contributed by atoms with Gasteiger partial charge in [-0.2, -0.15) is 5.10 Å². The highest BCUT2D eigenvalue weighted by molar-refractivity contribution is 5.83. The van der Waals surface area contributed by atoms with Gasteiger partial charge in [-0.15, -0.1) is 0 Å². The zero-order valence-corrected chi connectivity index (χ0v) is 15.0. The molecule has 5 heteroatoms. The van der Waals surface area contributed by atoms with Gasteiger partial charge in [-0.3, -0.25) is 4.79 Å². The predicted molar refractivity (Wildman–Crippen MR) is 106 cm³/mol. The summed E-state index contributed by atoms with van der Waals surface area (Å²) in [5, 5.41) is 3.94. The minimum atomic E-state index is -0.331. The Morgan fingerprint density at radius 2 is 1.67 bits per heavy atom. The quantitative estimate of drug-likeness (QED) is 0.514. The van der Waals surface area contributed by atoms with Crippen molar-refractivity contribution in [3.8, 4) is 22.6 Å². The lowest BCUT2D eigenvalue weighted by atomic mass is 10.1. The van der Waals surface area contributed by atoms with Gasteiger partial charge < -0.3 is 9.47 Å². The largest absolute Gasteiger partial charge is 0.497 e. The highest BCUT2D eigenvalue weighted by atomic mass is 16.5. The molecule has 0 saturated carbocycles. The van der Waals surface area contributed by atoms with Crippen LogP contribution in [-0.2, 0) is 4.79 Å². The molecule has 0 aliphatic rings. The van der Waals surface area contributed by atoms with Crippen LogP contribution in [0.3, 0.4) is 0 Å². The van der Waals surface area contributed by atoms with Crippen LogP contribution in [-0.4, -0.2) is 25.8 Å². The van der Waals surface area contributed by atoms with Crippen LogP contribution in [0.4, 0.5) is 0 Å². The summed E-state index contributed by atoms with van der Waals surface area (Å²) >= 11 is 0. The van der Waals surface area contributed by atoms with Gasteiger partial charge in [0.2, 0.25) is 0 Å². The third kappa shape index (κ3) is 5.19. The number of nitrogens with one attached hydrogen (secondary N) is 1. The Hall–Kier alpha value is -3.60. The summed E-state index contributed by atoms with van der Waals surface area (Å²) in [7, 11) is 1.61. The molecule has 0 aliphatic heterocycles. The Labute approximate surface area is 158 Å². The van der Waals surface area contributed by atoms with Gasteiger partial charge in [0.25, 0.3) is 5.91 Å². The first-order valence-electron chi connectivity index (χ1n) is 8.49. The third-order valence-corrected chi connectivity index (χ3v) is 3.85. The number of rotatable bonds is 7. The van der Waals surface area contributed by atoms with E-state index in [1.54, 1.807) is 13.3 Å². The number of benzene rings is 3. The van der Waals surface area contributed by atoms with Gasteiger partial charge in [0.1, 0.15) is 11.5 Å². The van der Waals surface area contributed by atoms with Gasteiger partial charge in [0.05, 0.1) is 13.3 Å². The van der Waals surface area contributed by atoms with Gasteiger partial charge in [-0.1, -0.05) is 48.5 Å². The maximum atomic E-state index is 12.0. The molecular weight excluding hydrogens is 340 g/mol. The van der Waals surface area contributed by atoms with Crippen molar-refractivity contribution >= 4 is 12.1 Å². The molecule has 0 bridgehead atoms. The minimum absolute atomic E-state index is 0.121. The highest BCUT2D eigenvalue weighted by Gasteiger charge is 2.07. The smallest absolute Gasteiger partial charge is 0.277 e. The zero-order chi connectivity index (χ0) is 18.9. The lowest BCUT2D eigenvalue weighted by Gasteiger charge is -2.10. The van der Waals surface area contributed by atoms with Crippen LogP contribution in [0.15, 0.2) is 84.0 Å². The molecule has 0 atom stereocenters. The first-order valence-corrected chi connectivity index (χ1v) is 8.49. The van der Waals surface area contributed by atoms with E-state index < -0.39 is 0 Å². The molecule has 136 valence electrons. The molecule has 0 heterocycles. The Kier molecular flexibility index (Phi) is 6.20. The third-order valence-electron chi connectivity index (χ3n) is 3.85. The number of para-hydroxylation sites is 1. The zero-order valence-electron chi connectivity index (χ0n) is 15.0. The van der Waals surface area contributed by atoms with Crippen molar-refractivity contribution in [3.05, 3.63) is 84.4 Å². The van der Waals surface area contributed by atoms with Crippen molar-refractivity contribution in [2.75, 3.05) is 13.7 Å². The first-order chi connectivity index (χ1) is 13.3. The van der Waals surface area contributed by atoms with Gasteiger partial charge in [-0.25, -0.2) is 5.43 Å². The minimum Gasteiger partial charge on any atom is -0.497 e. The molecule has 0 fully saturated rings. The molecule has 5 nitrogen and oxygen atoms in total. The van der Waals surface area contributed by atoms with Crippen molar-refractivity contribution in [1.82, 2.24) is 5.43 Å². The number of ether oxygens (including phenoxy) is 2. The average Bonchev–Trinajstić information content (AvgIpc) is 2.73. The fraction of sp³-hybridized carbons (Fsp3) is 0.0909. The van der Waals surface area contributed by atoms with E-state index in [2.05, 4.69) is 10.5 Å². The van der Waals surface area contributed by atoms with Crippen molar-refractivity contribution in [2.24, 2.45) is 5.10 Å². The second kappa shape index (κ2) is 9.20. The topological polar surface area (TPSA) is 59.9 Å². The molecule has 0 aromatic heterocycles. The second-order valence-corrected chi connectivity index (χ2v) is 5.72. The summed E-state index contributed by atoms with van der Waals surface area (Å²) in [5.74, 6) is 1.09. The van der Waals surface area contributed by atoms with Crippen molar-refractivity contribution < 1.29 is 14.3 Å². The van der Waals surface area contributed by atoms with Crippen LogP contribution in [0.2, 0.25) is 0 Å². The van der Waals surface area contributed by atoms with Crippen molar-refractivity contribution in [2.45, 2.75) is 0 Å². The molecule has 0 spiro atoms. The summed E-state index contributed by atoms with van der Waals surface area (Å²) in [6.45, 7) is -0.121. The standard InChI is InChI=1S/C22H20N2O3/c1-26-19-13-11-17(12-14-19)15-23-24-22(25)16-27-21-10-6-5-9-20(21)18-7-3-2-4-8-18/h2-15H,16H2,1H3,(H,24,25). The van der Waals surface area contributed by atoms with Crippen LogP contribution >= 0.6 is 0 Å². The number of hydrazone groups is 1. The molecule has 0 unspecified atom stereocenters. The van der Waals surface area contributed by atoms with E-state index in [0.29, 0.717) is 5.75 Å². The number of carbonyl (C=O) groups excluding carboxylic acids is 1. The number of carbonyl (C=O) groups is 1. The van der Waals surface area contributed by atoms with Crippen LogP contribution < -0.4 is 14.9 Å². The van der Waals surface area contributed by atoms with E-state index in [4.69, 9.17) is 9.47 Å². The summed E-state index contributed by atoms with van der Waals surface area (Å²) in [6.07, 6.45) is 1.56. The van der Waals surface area contributed by atoms with Crippen LogP contribution in [0.1, 0.15) is 5.56 Å². The molecule has 0 radical (unpaired) electrons. The lowest BCUT2D eigenvalue weighted by Crippen LogP contribution is -2.24. The van der Waals surface area contributed by atoms with E-state index in [1.165, 1.54) is 0 Å². The monoisotopic (exact) mass is 360 g/mol. The second-order valence-electron chi connectivity index (χ2n) is 5.72. The number of hydrogen-bond donors (Lipinski definition) is 1. The molecule has 3 aromatic carbocycles. The van der Waals surface area contributed by atoms with Crippen LogP contribution in [0.25, 0.3) is 11.1 Å². The molecule has 0 aliphatic carbocycles. The molecule has 3 rings (SSSR count). The first kappa shape index (κ1) is 18.2. The van der Waals surface area contributed by atoms with E-state index >= 15 is 0 Å². The normalized spacial score (nSPS) is 10.6. The van der Waals surface area contributed by atoms with E-state index in [-0.39, 0.29) is 12.5 Å². The summed E-state index contributed by atoms with van der Waals surface area (Å²) in [5.41, 5.74) is 5.29. The maximum Gasteiger partial charge on any atom is 0.277 e. The fourth-order valence-electron chi connectivity index (χ4n) is 2.49. The SMILES string of the molecule is COc1ccc(C=NNC(=O)COc2ccccc2-c2ccccc2)cc1. The number of methoxy groups -OCH3 is 1. The summed E-state index contributed by atoms with van der Waals surface area (Å²) < 4.78 is 10.8. The summed E-state index contributed by atoms with van der Waals surface area (Å²) in [6, 6.07) is 24.9. The predicted octanol–water partition coefficient (Wildman–Crippen LogP) is 3.89. The average molecular weight is 360 g/mol. The number of amides is 1. The Morgan fingerprint density at radius 3 is 2.41 bits per heavy atom. The maximum absolute atomic E-state index is 12.0. The van der Waals surface area contributed by atoms with Crippen molar-refractivity contribution in [1.29, 1.82) is 0 Å².